The molecule has 2 heteroatoms. The zero-order valence-electron chi connectivity index (χ0n) is 10.6. The Bertz CT molecular complexity index is 227. The molecule has 1 aliphatic heterocycles. The van der Waals surface area contributed by atoms with Crippen LogP contribution in [0.5, 0.6) is 0 Å². The highest BCUT2D eigenvalue weighted by atomic mass is 15.2. The number of nitrogens with two attached hydrogens (primary N) is 1. The Hall–Kier alpha value is -0.0800. The molecule has 1 aliphatic carbocycles. The van der Waals surface area contributed by atoms with Crippen LogP contribution in [0.2, 0.25) is 0 Å². The van der Waals surface area contributed by atoms with Crippen LogP contribution in [0.15, 0.2) is 0 Å². The molecular weight excluding hydrogens is 184 g/mol. The topological polar surface area (TPSA) is 29.3 Å². The lowest BCUT2D eigenvalue weighted by Gasteiger charge is -2.55. The fraction of sp³-hybridized carbons (Fsp3) is 1.00. The molecule has 1 unspecified atom stereocenters. The van der Waals surface area contributed by atoms with E-state index in [0.29, 0.717) is 17.0 Å². The third kappa shape index (κ3) is 1.83. The molecule has 88 valence electrons. The zero-order chi connectivity index (χ0) is 11.1. The van der Waals surface area contributed by atoms with Crippen LogP contribution in [-0.4, -0.2) is 29.6 Å². The van der Waals surface area contributed by atoms with E-state index < -0.39 is 0 Å². The molecule has 1 atom stereocenters. The van der Waals surface area contributed by atoms with Gasteiger partial charge in [0.05, 0.1) is 0 Å². The molecule has 2 nitrogen and oxygen atoms in total. The van der Waals surface area contributed by atoms with Crippen LogP contribution in [0.1, 0.15) is 52.9 Å². The number of nitrogens with zero attached hydrogens (tertiary/aromatic N) is 1. The molecule has 2 fully saturated rings. The van der Waals surface area contributed by atoms with Gasteiger partial charge in [0.1, 0.15) is 0 Å². The third-order valence-corrected chi connectivity index (χ3v) is 5.22. The number of hydrogen-bond donors (Lipinski definition) is 1. The second-order valence-electron chi connectivity index (χ2n) is 6.16. The van der Waals surface area contributed by atoms with Gasteiger partial charge in [-0.15, -0.1) is 0 Å². The van der Waals surface area contributed by atoms with Gasteiger partial charge >= 0.3 is 0 Å². The maximum Gasteiger partial charge on any atom is 0.0150 e. The van der Waals surface area contributed by atoms with Crippen molar-refractivity contribution in [1.29, 1.82) is 0 Å². The van der Waals surface area contributed by atoms with Gasteiger partial charge in [0, 0.05) is 11.6 Å². The average molecular weight is 210 g/mol. The Kier molecular flexibility index (Phi) is 2.85. The Morgan fingerprint density at radius 2 is 1.87 bits per heavy atom. The van der Waals surface area contributed by atoms with Crippen LogP contribution in [0, 0.1) is 5.41 Å². The number of piperidine rings is 1. The molecule has 2 rings (SSSR count). The predicted octanol–water partition coefficient (Wildman–Crippen LogP) is 2.38. The van der Waals surface area contributed by atoms with Crippen LogP contribution in [-0.2, 0) is 0 Å². The fourth-order valence-corrected chi connectivity index (χ4v) is 3.12. The standard InChI is InChI=1S/C13H26N2/c1-4-12(2,3)15-9-7-13(8-10-15)6-5-11(13)14/h11H,4-10,14H2,1-3H3. The van der Waals surface area contributed by atoms with E-state index in [9.17, 15) is 0 Å². The van der Waals surface area contributed by atoms with E-state index in [1.54, 1.807) is 0 Å². The highest BCUT2D eigenvalue weighted by Gasteiger charge is 2.47. The Labute approximate surface area is 94.2 Å². The minimum atomic E-state index is 0.384. The van der Waals surface area contributed by atoms with Gasteiger partial charge in [-0.25, -0.2) is 0 Å². The summed E-state index contributed by atoms with van der Waals surface area (Å²) >= 11 is 0. The molecule has 0 aromatic heterocycles. The molecule has 2 aliphatic rings. The summed E-state index contributed by atoms with van der Waals surface area (Å²) in [5.41, 5.74) is 7.08. The van der Waals surface area contributed by atoms with Crippen molar-refractivity contribution in [3.8, 4) is 0 Å². The van der Waals surface area contributed by atoms with Crippen LogP contribution >= 0.6 is 0 Å². The second-order valence-corrected chi connectivity index (χ2v) is 6.16. The van der Waals surface area contributed by atoms with Crippen LogP contribution in [0.3, 0.4) is 0 Å². The normalized spacial score (nSPS) is 31.6. The van der Waals surface area contributed by atoms with Gasteiger partial charge in [-0.3, -0.25) is 4.90 Å². The van der Waals surface area contributed by atoms with Gasteiger partial charge in [-0.2, -0.15) is 0 Å². The minimum Gasteiger partial charge on any atom is -0.327 e. The molecule has 1 saturated heterocycles. The van der Waals surface area contributed by atoms with Crippen LogP contribution in [0.25, 0.3) is 0 Å². The van der Waals surface area contributed by atoms with Crippen molar-refractivity contribution in [3.05, 3.63) is 0 Å². The van der Waals surface area contributed by atoms with Crippen LogP contribution < -0.4 is 5.73 Å². The monoisotopic (exact) mass is 210 g/mol. The first-order chi connectivity index (χ1) is 7.00. The molecule has 0 aromatic carbocycles. The largest absolute Gasteiger partial charge is 0.327 e. The molecule has 0 bridgehead atoms. The zero-order valence-corrected chi connectivity index (χ0v) is 10.6. The van der Waals surface area contributed by atoms with Crippen molar-refractivity contribution in [2.45, 2.75) is 64.5 Å². The first-order valence-corrected chi connectivity index (χ1v) is 6.51. The van der Waals surface area contributed by atoms with E-state index in [2.05, 4.69) is 25.7 Å². The lowest BCUT2D eigenvalue weighted by molar-refractivity contribution is -0.0241. The van der Waals surface area contributed by atoms with E-state index in [1.807, 2.05) is 0 Å². The average Bonchev–Trinajstić information content (AvgIpc) is 2.27. The second kappa shape index (κ2) is 3.74. The first kappa shape index (κ1) is 11.4. The molecule has 0 radical (unpaired) electrons. The van der Waals surface area contributed by atoms with Gasteiger partial charge in [0.2, 0.25) is 0 Å². The SMILES string of the molecule is CCC(C)(C)N1CCC2(CCC2N)CC1. The van der Waals surface area contributed by atoms with E-state index in [-0.39, 0.29) is 0 Å². The van der Waals surface area contributed by atoms with E-state index in [1.165, 1.54) is 45.2 Å². The minimum absolute atomic E-state index is 0.384. The molecular formula is C13H26N2. The molecule has 15 heavy (non-hydrogen) atoms. The number of rotatable bonds is 2. The molecule has 0 aromatic rings. The quantitative estimate of drug-likeness (QED) is 0.758. The lowest BCUT2D eigenvalue weighted by atomic mass is 9.59. The highest BCUT2D eigenvalue weighted by molar-refractivity contribution is 5.02. The van der Waals surface area contributed by atoms with Crippen molar-refractivity contribution < 1.29 is 0 Å². The molecule has 1 heterocycles. The number of likely N-dealkylation sites (tertiary alicyclic amines) is 1. The maximum absolute atomic E-state index is 6.16. The van der Waals surface area contributed by atoms with Gasteiger partial charge in [-0.1, -0.05) is 6.92 Å². The van der Waals surface area contributed by atoms with Crippen LogP contribution in [0.4, 0.5) is 0 Å². The summed E-state index contributed by atoms with van der Waals surface area (Å²) in [6, 6.07) is 0.504. The summed E-state index contributed by atoms with van der Waals surface area (Å²) in [6.45, 7) is 9.54. The molecule has 2 N–H and O–H groups in total. The van der Waals surface area contributed by atoms with Crippen molar-refractivity contribution in [2.75, 3.05) is 13.1 Å². The Morgan fingerprint density at radius 1 is 1.27 bits per heavy atom. The Balaban J connectivity index is 1.92. The molecule has 0 amide bonds. The van der Waals surface area contributed by atoms with Gasteiger partial charge < -0.3 is 5.73 Å². The van der Waals surface area contributed by atoms with Crippen molar-refractivity contribution in [2.24, 2.45) is 11.1 Å². The maximum atomic E-state index is 6.16. The smallest absolute Gasteiger partial charge is 0.0150 e. The third-order valence-electron chi connectivity index (χ3n) is 5.22. The number of hydrogen-bond acceptors (Lipinski definition) is 2. The van der Waals surface area contributed by atoms with E-state index >= 15 is 0 Å². The Morgan fingerprint density at radius 3 is 2.20 bits per heavy atom. The summed E-state index contributed by atoms with van der Waals surface area (Å²) < 4.78 is 0. The summed E-state index contributed by atoms with van der Waals surface area (Å²) in [7, 11) is 0. The highest BCUT2D eigenvalue weighted by Crippen LogP contribution is 2.48. The van der Waals surface area contributed by atoms with Crippen molar-refractivity contribution >= 4 is 0 Å². The summed E-state index contributed by atoms with van der Waals surface area (Å²) in [5, 5.41) is 0. The van der Waals surface area contributed by atoms with Crippen molar-refractivity contribution in [1.82, 2.24) is 4.90 Å². The van der Waals surface area contributed by atoms with Gasteiger partial charge in [0.25, 0.3) is 0 Å². The van der Waals surface area contributed by atoms with Gasteiger partial charge in [0.15, 0.2) is 0 Å². The predicted molar refractivity (Wildman–Crippen MR) is 64.8 cm³/mol. The molecule has 1 spiro atoms. The first-order valence-electron chi connectivity index (χ1n) is 6.51. The van der Waals surface area contributed by atoms with E-state index in [4.69, 9.17) is 5.73 Å². The van der Waals surface area contributed by atoms with E-state index in [0.717, 1.165) is 0 Å². The molecule has 1 saturated carbocycles. The summed E-state index contributed by atoms with van der Waals surface area (Å²) in [4.78, 5) is 2.66. The van der Waals surface area contributed by atoms with Gasteiger partial charge in [-0.05, 0) is 64.5 Å². The fourth-order valence-electron chi connectivity index (χ4n) is 3.12. The lowest BCUT2D eigenvalue weighted by Crippen LogP contribution is -2.58. The summed E-state index contributed by atoms with van der Waals surface area (Å²) in [5.74, 6) is 0. The van der Waals surface area contributed by atoms with Crippen molar-refractivity contribution in [3.63, 3.8) is 0 Å². The summed E-state index contributed by atoms with van der Waals surface area (Å²) in [6.07, 6.45) is 6.55.